The summed E-state index contributed by atoms with van der Waals surface area (Å²) in [6, 6.07) is 20.7. The van der Waals surface area contributed by atoms with E-state index in [2.05, 4.69) is 95.4 Å². The van der Waals surface area contributed by atoms with Crippen molar-refractivity contribution in [3.63, 3.8) is 0 Å². The Morgan fingerprint density at radius 2 is 1.38 bits per heavy atom. The molecule has 129 valence electrons. The first-order chi connectivity index (χ1) is 11.4. The van der Waals surface area contributed by atoms with Gasteiger partial charge in [0.1, 0.15) is 0 Å². The van der Waals surface area contributed by atoms with Crippen LogP contribution in [0, 0.1) is 0 Å². The van der Waals surface area contributed by atoms with Gasteiger partial charge in [0.2, 0.25) is 0 Å². The first kappa shape index (κ1) is 19.2. The van der Waals surface area contributed by atoms with E-state index in [0.717, 1.165) is 6.04 Å². The zero-order valence-corrected chi connectivity index (χ0v) is 18.0. The summed E-state index contributed by atoms with van der Waals surface area (Å²) in [4.78, 5) is 0. The van der Waals surface area contributed by atoms with Crippen molar-refractivity contribution in [2.75, 3.05) is 0 Å². The van der Waals surface area contributed by atoms with Crippen LogP contribution < -0.4 is 0 Å². The number of rotatable bonds is 7. The zero-order chi connectivity index (χ0) is 17.7. The number of hydrogen-bond acceptors (Lipinski definition) is 1. The zero-order valence-electron chi connectivity index (χ0n) is 16.0. The van der Waals surface area contributed by atoms with Crippen LogP contribution >= 0.6 is 0 Å². The maximum Gasteiger partial charge on any atom is 0.191 e. The van der Waals surface area contributed by atoms with Crippen LogP contribution in [-0.4, -0.2) is 17.4 Å². The van der Waals surface area contributed by atoms with E-state index in [1.807, 2.05) is 0 Å². The van der Waals surface area contributed by atoms with Crippen LogP contribution in [0.1, 0.15) is 33.3 Å². The minimum atomic E-state index is -1.87. The Bertz CT molecular complexity index is 627. The third kappa shape index (κ3) is 4.27. The highest BCUT2D eigenvalue weighted by molar-refractivity contribution is 6.81. The molecule has 2 rings (SSSR count). The molecule has 0 spiro atoms. The molecule has 0 saturated carbocycles. The molecule has 0 N–H and O–H groups in total. The summed E-state index contributed by atoms with van der Waals surface area (Å²) in [5, 5.41) is 0. The van der Waals surface area contributed by atoms with E-state index in [4.69, 9.17) is 4.12 Å². The Kier molecular flexibility index (Phi) is 6.61. The van der Waals surface area contributed by atoms with Gasteiger partial charge in [0.25, 0.3) is 0 Å². The Hall–Kier alpha value is -1.17. The molecular weight excluding hydrogens is 324 g/mol. The quantitative estimate of drug-likeness (QED) is 0.517. The second kappa shape index (κ2) is 8.28. The normalized spacial score (nSPS) is 12.4. The fourth-order valence-electron chi connectivity index (χ4n) is 3.60. The molecule has 0 atom stereocenters. The van der Waals surface area contributed by atoms with Gasteiger partial charge in [0.15, 0.2) is 17.4 Å². The predicted molar refractivity (Wildman–Crippen MR) is 110 cm³/mol. The highest BCUT2D eigenvalue weighted by atomic mass is 28.4. The van der Waals surface area contributed by atoms with E-state index >= 15 is 0 Å². The minimum Gasteiger partial charge on any atom is -0.455 e. The molecule has 0 heterocycles. The second-order valence-electron chi connectivity index (χ2n) is 7.47. The molecule has 1 radical (unpaired) electrons. The van der Waals surface area contributed by atoms with E-state index in [1.54, 1.807) is 0 Å². The van der Waals surface area contributed by atoms with Gasteiger partial charge in [-0.1, -0.05) is 82.3 Å². The summed E-state index contributed by atoms with van der Waals surface area (Å²) in [5.41, 5.74) is 5.34. The molecule has 0 aliphatic heterocycles. The van der Waals surface area contributed by atoms with Crippen LogP contribution in [0.4, 0.5) is 0 Å². The van der Waals surface area contributed by atoms with Crippen LogP contribution in [0.25, 0.3) is 11.1 Å². The largest absolute Gasteiger partial charge is 0.455 e. The summed E-state index contributed by atoms with van der Waals surface area (Å²) in [6.07, 6.45) is 0. The first-order valence-electron chi connectivity index (χ1n) is 8.99. The van der Waals surface area contributed by atoms with Crippen molar-refractivity contribution in [1.29, 1.82) is 0 Å². The molecular formula is C21H31OSi2. The van der Waals surface area contributed by atoms with Gasteiger partial charge in [-0.3, -0.25) is 0 Å². The van der Waals surface area contributed by atoms with Crippen LogP contribution in [0.5, 0.6) is 0 Å². The Morgan fingerprint density at radius 1 is 0.833 bits per heavy atom. The van der Waals surface area contributed by atoms with E-state index < -0.39 is 17.4 Å². The molecule has 0 aliphatic rings. The van der Waals surface area contributed by atoms with Gasteiger partial charge in [-0.05, 0) is 46.9 Å². The van der Waals surface area contributed by atoms with Crippen molar-refractivity contribution in [3.05, 3.63) is 60.2 Å². The Morgan fingerprint density at radius 3 is 1.92 bits per heavy atom. The van der Waals surface area contributed by atoms with Crippen LogP contribution in [0.3, 0.4) is 0 Å². The lowest BCUT2D eigenvalue weighted by molar-refractivity contribution is 0.511. The van der Waals surface area contributed by atoms with Gasteiger partial charge in [-0.15, -0.1) is 0 Å². The molecule has 2 aromatic carbocycles. The van der Waals surface area contributed by atoms with Crippen molar-refractivity contribution in [3.8, 4) is 11.1 Å². The fraction of sp³-hybridized carbons (Fsp3) is 0.429. The van der Waals surface area contributed by atoms with Crippen LogP contribution in [0.15, 0.2) is 54.6 Å². The van der Waals surface area contributed by atoms with Crippen molar-refractivity contribution >= 4 is 17.4 Å². The van der Waals surface area contributed by atoms with E-state index in [-0.39, 0.29) is 0 Å². The van der Waals surface area contributed by atoms with Gasteiger partial charge in [-0.2, -0.15) is 0 Å². The molecule has 0 aliphatic carbocycles. The lowest BCUT2D eigenvalue weighted by Gasteiger charge is -2.41. The number of hydrogen-bond donors (Lipinski definition) is 0. The summed E-state index contributed by atoms with van der Waals surface area (Å²) >= 11 is 0. The maximum atomic E-state index is 6.80. The van der Waals surface area contributed by atoms with Crippen LogP contribution in [-0.2, 0) is 10.2 Å². The summed E-state index contributed by atoms with van der Waals surface area (Å²) in [6.45, 7) is 14.0. The molecule has 0 unspecified atom stereocenters. The third-order valence-corrected chi connectivity index (χ3v) is 12.9. The molecule has 1 nitrogen and oxygen atoms in total. The summed E-state index contributed by atoms with van der Waals surface area (Å²) in [5.74, 6) is 0. The molecule has 2 aromatic rings. The smallest absolute Gasteiger partial charge is 0.191 e. The standard InChI is InChI=1S/C21H31OSi2/c1-17(2)24(18(3)4,22-23(5)6)16-20-14-10-11-15-21(20)19-12-8-7-9-13-19/h7-15,17-18H,16H2,1-6H3. The Labute approximate surface area is 150 Å². The lowest BCUT2D eigenvalue weighted by atomic mass is 10.0. The number of benzene rings is 2. The molecule has 0 aromatic heterocycles. The topological polar surface area (TPSA) is 9.23 Å². The van der Waals surface area contributed by atoms with Gasteiger partial charge in [0, 0.05) is 0 Å². The van der Waals surface area contributed by atoms with Gasteiger partial charge in [0.05, 0.1) is 0 Å². The van der Waals surface area contributed by atoms with Crippen molar-refractivity contribution in [1.82, 2.24) is 0 Å². The summed E-state index contributed by atoms with van der Waals surface area (Å²) < 4.78 is 6.80. The van der Waals surface area contributed by atoms with Crippen molar-refractivity contribution in [2.24, 2.45) is 0 Å². The molecule has 0 bridgehead atoms. The average Bonchev–Trinajstić information content (AvgIpc) is 2.54. The fourth-order valence-corrected chi connectivity index (χ4v) is 11.9. The van der Waals surface area contributed by atoms with Gasteiger partial charge in [-0.25, -0.2) is 0 Å². The predicted octanol–water partition coefficient (Wildman–Crippen LogP) is 6.47. The minimum absolute atomic E-state index is 0.612. The SMILES string of the molecule is CC(C)[Si](Cc1ccccc1-c1ccccc1)(O[Si](C)C)C(C)C. The van der Waals surface area contributed by atoms with E-state index in [9.17, 15) is 0 Å². The lowest BCUT2D eigenvalue weighted by Crippen LogP contribution is -2.50. The highest BCUT2D eigenvalue weighted by Crippen LogP contribution is 2.38. The third-order valence-electron chi connectivity index (χ3n) is 4.92. The van der Waals surface area contributed by atoms with Crippen LogP contribution in [0.2, 0.25) is 24.2 Å². The highest BCUT2D eigenvalue weighted by Gasteiger charge is 2.42. The molecule has 24 heavy (non-hydrogen) atoms. The summed E-state index contributed by atoms with van der Waals surface area (Å²) in [7, 11) is -2.59. The maximum absolute atomic E-state index is 6.80. The van der Waals surface area contributed by atoms with Gasteiger partial charge < -0.3 is 4.12 Å². The monoisotopic (exact) mass is 355 g/mol. The Balaban J connectivity index is 2.47. The first-order valence-corrected chi connectivity index (χ1v) is 13.7. The molecule has 3 heteroatoms. The molecule has 0 saturated heterocycles. The second-order valence-corrected chi connectivity index (χ2v) is 14.7. The van der Waals surface area contributed by atoms with Gasteiger partial charge >= 0.3 is 0 Å². The molecule has 0 fully saturated rings. The van der Waals surface area contributed by atoms with E-state index in [0.29, 0.717) is 11.1 Å². The average molecular weight is 356 g/mol. The molecule has 0 amide bonds. The van der Waals surface area contributed by atoms with Crippen molar-refractivity contribution in [2.45, 2.75) is 57.9 Å². The van der Waals surface area contributed by atoms with Crippen molar-refractivity contribution < 1.29 is 4.12 Å². The van der Waals surface area contributed by atoms with E-state index in [1.165, 1.54) is 16.7 Å².